The summed E-state index contributed by atoms with van der Waals surface area (Å²) in [7, 11) is 0. The Morgan fingerprint density at radius 3 is 2.53 bits per heavy atom. The molecule has 1 unspecified atom stereocenters. The molecule has 2 rings (SSSR count). The van der Waals surface area contributed by atoms with Crippen LogP contribution in [-0.2, 0) is 0 Å². The van der Waals surface area contributed by atoms with Crippen LogP contribution in [0.4, 0.5) is 0 Å². The summed E-state index contributed by atoms with van der Waals surface area (Å²) in [5.41, 5.74) is 3.77. The molecule has 1 heterocycles. The molecule has 1 aromatic carbocycles. The molecule has 0 aliphatic heterocycles. The minimum absolute atomic E-state index is 0.279. The van der Waals surface area contributed by atoms with Crippen LogP contribution in [0.1, 0.15) is 42.7 Å². The van der Waals surface area contributed by atoms with Crippen molar-refractivity contribution in [2.75, 3.05) is 6.61 Å². The first-order valence-electron chi connectivity index (χ1n) is 6.48. The predicted octanol–water partition coefficient (Wildman–Crippen LogP) is 2.33. The van der Waals surface area contributed by atoms with Crippen molar-refractivity contribution in [2.45, 2.75) is 32.8 Å². The van der Waals surface area contributed by atoms with Crippen LogP contribution in [-0.4, -0.2) is 26.6 Å². The van der Waals surface area contributed by atoms with E-state index in [1.54, 1.807) is 0 Å². The number of hydrogen-bond acceptors (Lipinski definition) is 3. The van der Waals surface area contributed by atoms with E-state index < -0.39 is 6.10 Å². The SMILES string of the molecule is Cc1ccn(-c2cc(C(O)CO)ccc2C(C)C)n1. The number of nitrogens with zero attached hydrogens (tertiary/aromatic N) is 2. The van der Waals surface area contributed by atoms with E-state index in [9.17, 15) is 5.11 Å². The Hall–Kier alpha value is -1.65. The maximum absolute atomic E-state index is 9.76. The summed E-state index contributed by atoms with van der Waals surface area (Å²) in [6, 6.07) is 7.68. The second kappa shape index (κ2) is 5.55. The third-order valence-electron chi connectivity index (χ3n) is 3.20. The first kappa shape index (κ1) is 13.8. The van der Waals surface area contributed by atoms with Gasteiger partial charge in [0.25, 0.3) is 0 Å². The number of aliphatic hydroxyl groups excluding tert-OH is 2. The number of hydrogen-bond donors (Lipinski definition) is 2. The van der Waals surface area contributed by atoms with Crippen LogP contribution >= 0.6 is 0 Å². The van der Waals surface area contributed by atoms with Crippen molar-refractivity contribution in [3.8, 4) is 5.69 Å². The Morgan fingerprint density at radius 1 is 1.26 bits per heavy atom. The van der Waals surface area contributed by atoms with Gasteiger partial charge in [0.15, 0.2) is 0 Å². The standard InChI is InChI=1S/C15H20N2O2/c1-10(2)13-5-4-12(15(19)9-18)8-14(13)17-7-6-11(3)16-17/h4-8,10,15,18-19H,9H2,1-3H3. The summed E-state index contributed by atoms with van der Waals surface area (Å²) in [4.78, 5) is 0. The van der Waals surface area contributed by atoms with Gasteiger partial charge in [-0.2, -0.15) is 5.10 Å². The lowest BCUT2D eigenvalue weighted by atomic mass is 9.97. The molecule has 0 saturated heterocycles. The molecule has 0 amide bonds. The lowest BCUT2D eigenvalue weighted by Gasteiger charge is -2.16. The molecular formula is C15H20N2O2. The van der Waals surface area contributed by atoms with Crippen molar-refractivity contribution in [3.05, 3.63) is 47.3 Å². The van der Waals surface area contributed by atoms with Gasteiger partial charge in [0.2, 0.25) is 0 Å². The largest absolute Gasteiger partial charge is 0.393 e. The molecule has 4 nitrogen and oxygen atoms in total. The van der Waals surface area contributed by atoms with Crippen LogP contribution in [0.25, 0.3) is 5.69 Å². The number of rotatable bonds is 4. The average Bonchev–Trinajstić information content (AvgIpc) is 2.83. The van der Waals surface area contributed by atoms with E-state index >= 15 is 0 Å². The van der Waals surface area contributed by atoms with Gasteiger partial charge in [0.1, 0.15) is 6.10 Å². The Labute approximate surface area is 113 Å². The van der Waals surface area contributed by atoms with Gasteiger partial charge in [0, 0.05) is 6.20 Å². The molecule has 2 N–H and O–H groups in total. The molecule has 0 saturated carbocycles. The molecule has 2 aromatic rings. The lowest BCUT2D eigenvalue weighted by Crippen LogP contribution is -2.07. The highest BCUT2D eigenvalue weighted by Gasteiger charge is 2.13. The second-order valence-electron chi connectivity index (χ2n) is 5.07. The zero-order chi connectivity index (χ0) is 14.0. The number of aryl methyl sites for hydroxylation is 1. The molecule has 1 atom stereocenters. The predicted molar refractivity (Wildman–Crippen MR) is 74.4 cm³/mol. The summed E-state index contributed by atoms with van der Waals surface area (Å²) in [5.74, 6) is 0.361. The summed E-state index contributed by atoms with van der Waals surface area (Å²) in [6.45, 7) is 5.91. The van der Waals surface area contributed by atoms with Crippen molar-refractivity contribution in [1.82, 2.24) is 9.78 Å². The van der Waals surface area contributed by atoms with Crippen LogP contribution < -0.4 is 0 Å². The molecular weight excluding hydrogens is 240 g/mol. The summed E-state index contributed by atoms with van der Waals surface area (Å²) >= 11 is 0. The smallest absolute Gasteiger partial charge is 0.102 e. The Bertz CT molecular complexity index is 561. The third-order valence-corrected chi connectivity index (χ3v) is 3.20. The second-order valence-corrected chi connectivity index (χ2v) is 5.07. The van der Waals surface area contributed by atoms with Gasteiger partial charge in [-0.3, -0.25) is 0 Å². The minimum Gasteiger partial charge on any atom is -0.393 e. The molecule has 0 aliphatic carbocycles. The van der Waals surface area contributed by atoms with Crippen molar-refractivity contribution in [2.24, 2.45) is 0 Å². The summed E-state index contributed by atoms with van der Waals surface area (Å²) < 4.78 is 1.82. The highest BCUT2D eigenvalue weighted by molar-refractivity contribution is 5.46. The van der Waals surface area contributed by atoms with Gasteiger partial charge in [-0.25, -0.2) is 4.68 Å². The van der Waals surface area contributed by atoms with E-state index in [-0.39, 0.29) is 6.61 Å². The Morgan fingerprint density at radius 2 is 2.00 bits per heavy atom. The highest BCUT2D eigenvalue weighted by atomic mass is 16.3. The van der Waals surface area contributed by atoms with Gasteiger partial charge in [-0.15, -0.1) is 0 Å². The van der Waals surface area contributed by atoms with E-state index in [0.717, 1.165) is 16.9 Å². The number of aromatic nitrogens is 2. The Balaban J connectivity index is 2.54. The van der Waals surface area contributed by atoms with Gasteiger partial charge in [0.05, 0.1) is 18.0 Å². The molecule has 4 heteroatoms. The molecule has 0 spiro atoms. The fourth-order valence-electron chi connectivity index (χ4n) is 2.11. The third kappa shape index (κ3) is 2.85. The molecule has 0 aliphatic rings. The normalized spacial score (nSPS) is 12.9. The van der Waals surface area contributed by atoms with Crippen molar-refractivity contribution in [1.29, 1.82) is 0 Å². The molecule has 102 valence electrons. The zero-order valence-electron chi connectivity index (χ0n) is 11.5. The van der Waals surface area contributed by atoms with Crippen LogP contribution in [0.3, 0.4) is 0 Å². The van der Waals surface area contributed by atoms with Crippen molar-refractivity contribution < 1.29 is 10.2 Å². The van der Waals surface area contributed by atoms with E-state index in [0.29, 0.717) is 11.5 Å². The fraction of sp³-hybridized carbons (Fsp3) is 0.400. The van der Waals surface area contributed by atoms with Crippen LogP contribution in [0.5, 0.6) is 0 Å². The molecule has 19 heavy (non-hydrogen) atoms. The van der Waals surface area contributed by atoms with E-state index in [2.05, 4.69) is 18.9 Å². The zero-order valence-corrected chi connectivity index (χ0v) is 11.5. The first-order chi connectivity index (χ1) is 9.02. The maximum Gasteiger partial charge on any atom is 0.102 e. The minimum atomic E-state index is -0.850. The summed E-state index contributed by atoms with van der Waals surface area (Å²) in [5, 5.41) is 23.2. The molecule has 0 radical (unpaired) electrons. The maximum atomic E-state index is 9.76. The summed E-state index contributed by atoms with van der Waals surface area (Å²) in [6.07, 6.45) is 1.06. The highest BCUT2D eigenvalue weighted by Crippen LogP contribution is 2.26. The van der Waals surface area contributed by atoms with Gasteiger partial charge in [-0.1, -0.05) is 26.0 Å². The van der Waals surface area contributed by atoms with Gasteiger partial charge < -0.3 is 10.2 Å². The van der Waals surface area contributed by atoms with E-state index in [1.165, 1.54) is 0 Å². The van der Waals surface area contributed by atoms with Crippen LogP contribution in [0, 0.1) is 6.92 Å². The van der Waals surface area contributed by atoms with E-state index in [4.69, 9.17) is 5.11 Å². The van der Waals surface area contributed by atoms with Crippen LogP contribution in [0.15, 0.2) is 30.5 Å². The fourth-order valence-corrected chi connectivity index (χ4v) is 2.11. The van der Waals surface area contributed by atoms with Crippen molar-refractivity contribution in [3.63, 3.8) is 0 Å². The van der Waals surface area contributed by atoms with Gasteiger partial charge >= 0.3 is 0 Å². The first-order valence-corrected chi connectivity index (χ1v) is 6.48. The van der Waals surface area contributed by atoms with E-state index in [1.807, 2.05) is 42.1 Å². The topological polar surface area (TPSA) is 58.3 Å². The average molecular weight is 260 g/mol. The molecule has 0 fully saturated rings. The number of benzene rings is 1. The Kier molecular flexibility index (Phi) is 4.02. The number of aliphatic hydroxyl groups is 2. The lowest BCUT2D eigenvalue weighted by molar-refractivity contribution is 0.0956. The molecule has 0 bridgehead atoms. The van der Waals surface area contributed by atoms with Crippen LogP contribution in [0.2, 0.25) is 0 Å². The van der Waals surface area contributed by atoms with Crippen molar-refractivity contribution >= 4 is 0 Å². The molecule has 1 aromatic heterocycles. The monoisotopic (exact) mass is 260 g/mol. The quantitative estimate of drug-likeness (QED) is 0.887. The van der Waals surface area contributed by atoms with Gasteiger partial charge in [-0.05, 0) is 36.1 Å².